The molecule has 2 aliphatic heterocycles. The Kier molecular flexibility index (Phi) is 8.62. The van der Waals surface area contributed by atoms with E-state index in [9.17, 15) is 24.6 Å². The number of halogens is 2. The topological polar surface area (TPSA) is 130 Å². The lowest BCUT2D eigenvalue weighted by Gasteiger charge is -2.38. The highest BCUT2D eigenvalue weighted by atomic mass is 35.5. The first-order chi connectivity index (χ1) is 21.8. The largest absolute Gasteiger partial charge is 0.465 e. The zero-order valence-corrected chi connectivity index (χ0v) is 27.3. The van der Waals surface area contributed by atoms with Crippen LogP contribution in [0.5, 0.6) is 0 Å². The first-order valence-corrected chi connectivity index (χ1v) is 15.9. The Morgan fingerprint density at radius 3 is 2.50 bits per heavy atom. The van der Waals surface area contributed by atoms with Crippen molar-refractivity contribution in [2.45, 2.75) is 57.9 Å². The number of piperidine rings is 1. The van der Waals surface area contributed by atoms with E-state index in [4.69, 9.17) is 27.9 Å². The van der Waals surface area contributed by atoms with E-state index in [0.29, 0.717) is 40.4 Å². The lowest BCUT2D eigenvalue weighted by Crippen LogP contribution is -2.49. The summed E-state index contributed by atoms with van der Waals surface area (Å²) >= 11 is 13.0. The quantitative estimate of drug-likeness (QED) is 0.299. The molecule has 2 atom stereocenters. The molecule has 242 valence electrons. The first-order valence-electron chi connectivity index (χ1n) is 15.1. The molecule has 0 bridgehead atoms. The minimum Gasteiger partial charge on any atom is -0.465 e. The van der Waals surface area contributed by atoms with Gasteiger partial charge in [-0.3, -0.25) is 23.6 Å². The van der Waals surface area contributed by atoms with Crippen LogP contribution < -0.4 is 5.56 Å². The zero-order valence-electron chi connectivity index (χ0n) is 25.7. The summed E-state index contributed by atoms with van der Waals surface area (Å²) < 4.78 is 8.82. The number of carboxylic acid groups (broad SMARTS) is 1. The summed E-state index contributed by atoms with van der Waals surface area (Å²) in [5.74, 6) is -0.188. The van der Waals surface area contributed by atoms with Crippen molar-refractivity contribution in [2.24, 2.45) is 0 Å². The third-order valence-corrected chi connectivity index (χ3v) is 9.62. The number of ether oxygens (including phenoxy) is 1. The molecule has 11 nitrogen and oxygen atoms in total. The molecule has 2 aromatic heterocycles. The van der Waals surface area contributed by atoms with Gasteiger partial charge in [-0.15, -0.1) is 0 Å². The molecular formula is C33H35Cl2N5O6. The maximum atomic E-state index is 13.6. The van der Waals surface area contributed by atoms with Crippen LogP contribution in [0.15, 0.2) is 53.6 Å². The number of carbonyl (C=O) groups excluding carboxylic acids is 1. The average molecular weight is 669 g/mol. The molecule has 0 radical (unpaired) electrons. The van der Waals surface area contributed by atoms with E-state index in [1.165, 1.54) is 15.8 Å². The van der Waals surface area contributed by atoms with Gasteiger partial charge in [0.15, 0.2) is 5.65 Å². The molecule has 13 heteroatoms. The van der Waals surface area contributed by atoms with E-state index >= 15 is 0 Å². The zero-order chi connectivity index (χ0) is 32.9. The number of aryl methyl sites for hydroxylation is 2. The number of amides is 2. The molecule has 2 amide bonds. The van der Waals surface area contributed by atoms with Crippen molar-refractivity contribution in [1.82, 2.24) is 23.9 Å². The van der Waals surface area contributed by atoms with Gasteiger partial charge >= 0.3 is 6.09 Å². The number of carbonyl (C=O) groups is 2. The maximum Gasteiger partial charge on any atom is 0.407 e. The van der Waals surface area contributed by atoms with Crippen LogP contribution in [0, 0.1) is 13.8 Å². The van der Waals surface area contributed by atoms with Crippen molar-refractivity contribution < 1.29 is 24.5 Å². The van der Waals surface area contributed by atoms with Gasteiger partial charge in [0, 0.05) is 18.8 Å². The summed E-state index contributed by atoms with van der Waals surface area (Å²) in [5.41, 5.74) is 2.53. The molecular weight excluding hydrogens is 633 g/mol. The fourth-order valence-electron chi connectivity index (χ4n) is 6.45. The normalized spacial score (nSPS) is 19.9. The fraction of sp³-hybridized carbons (Fsp3) is 0.394. The molecule has 0 aliphatic carbocycles. The van der Waals surface area contributed by atoms with Crippen LogP contribution in [-0.2, 0) is 11.3 Å². The third-order valence-electron chi connectivity index (χ3n) is 9.03. The van der Waals surface area contributed by atoms with Crippen molar-refractivity contribution in [3.8, 4) is 5.69 Å². The number of aromatic nitrogens is 3. The van der Waals surface area contributed by atoms with Gasteiger partial charge in [-0.1, -0.05) is 35.3 Å². The minimum atomic E-state index is -1.21. The first kappa shape index (κ1) is 32.1. The number of rotatable bonds is 5. The Morgan fingerprint density at radius 1 is 1.09 bits per heavy atom. The summed E-state index contributed by atoms with van der Waals surface area (Å²) in [6, 6.07) is 12.0. The summed E-state index contributed by atoms with van der Waals surface area (Å²) in [7, 11) is 0. The molecule has 0 saturated carbocycles. The van der Waals surface area contributed by atoms with Crippen LogP contribution >= 0.6 is 23.2 Å². The van der Waals surface area contributed by atoms with Gasteiger partial charge in [0.25, 0.3) is 11.5 Å². The molecule has 2 saturated heterocycles. The lowest BCUT2D eigenvalue weighted by molar-refractivity contribution is -0.0466. The second-order valence-corrected chi connectivity index (χ2v) is 13.1. The Bertz CT molecular complexity index is 1900. The number of aliphatic hydroxyl groups is 1. The second kappa shape index (κ2) is 12.4. The standard InChI is InChI=1S/C33H35Cl2N5O6/c1-19-4-6-24(26(34)12-19)30(41)37-10-8-33(45,9-11-37)17-38-18-36-29-25(31(38)42)14-28(35)40(29)22-5-7-23(20(2)13-22)27-16-46-21(3)15-39(27)32(43)44/h4-7,12-14,18,21,27,45H,8-11,15-17H2,1-3H3,(H,43,44)/t21-,27-/m1/s1. The highest BCUT2D eigenvalue weighted by Gasteiger charge is 2.36. The van der Waals surface area contributed by atoms with Gasteiger partial charge in [-0.25, -0.2) is 9.78 Å². The third kappa shape index (κ3) is 6.00. The number of benzene rings is 2. The molecule has 46 heavy (non-hydrogen) atoms. The van der Waals surface area contributed by atoms with Gasteiger partial charge in [0.2, 0.25) is 0 Å². The molecule has 2 fully saturated rings. The summed E-state index contributed by atoms with van der Waals surface area (Å²) in [5, 5.41) is 22.2. The van der Waals surface area contributed by atoms with Gasteiger partial charge < -0.3 is 19.8 Å². The monoisotopic (exact) mass is 667 g/mol. The van der Waals surface area contributed by atoms with Crippen LogP contribution in [0.3, 0.4) is 0 Å². The number of morpholine rings is 1. The number of hydrogen-bond acceptors (Lipinski definition) is 6. The molecule has 0 spiro atoms. The van der Waals surface area contributed by atoms with E-state index in [0.717, 1.165) is 16.7 Å². The molecule has 2 aromatic carbocycles. The molecule has 4 aromatic rings. The summed E-state index contributed by atoms with van der Waals surface area (Å²) in [4.78, 5) is 46.2. The molecule has 2 N–H and O–H groups in total. The van der Waals surface area contributed by atoms with Gasteiger partial charge in [-0.2, -0.15) is 0 Å². The molecule has 6 rings (SSSR count). The smallest absolute Gasteiger partial charge is 0.407 e. The van der Waals surface area contributed by atoms with Crippen molar-refractivity contribution in [2.75, 3.05) is 26.2 Å². The lowest BCUT2D eigenvalue weighted by atomic mass is 9.91. The fourth-order valence-corrected chi connectivity index (χ4v) is 7.06. The Labute approximate surface area is 275 Å². The predicted octanol–water partition coefficient (Wildman–Crippen LogP) is 5.22. The highest BCUT2D eigenvalue weighted by Crippen LogP contribution is 2.32. The van der Waals surface area contributed by atoms with E-state index < -0.39 is 17.7 Å². The van der Waals surface area contributed by atoms with Crippen molar-refractivity contribution >= 4 is 46.2 Å². The van der Waals surface area contributed by atoms with Crippen molar-refractivity contribution in [3.05, 3.63) is 91.6 Å². The summed E-state index contributed by atoms with van der Waals surface area (Å²) in [6.07, 6.45) is 0.785. The van der Waals surface area contributed by atoms with E-state index in [-0.39, 0.29) is 55.3 Å². The summed E-state index contributed by atoms with van der Waals surface area (Å²) in [6.45, 7) is 6.82. The van der Waals surface area contributed by atoms with Crippen LogP contribution in [0.25, 0.3) is 16.7 Å². The Balaban J connectivity index is 1.21. The number of fused-ring (bicyclic) bond motifs is 1. The van der Waals surface area contributed by atoms with Crippen LogP contribution in [0.2, 0.25) is 10.2 Å². The van der Waals surface area contributed by atoms with Crippen LogP contribution in [0.4, 0.5) is 4.79 Å². The second-order valence-electron chi connectivity index (χ2n) is 12.4. The minimum absolute atomic E-state index is 0.0147. The molecule has 0 unspecified atom stereocenters. The van der Waals surface area contributed by atoms with Crippen molar-refractivity contribution in [1.29, 1.82) is 0 Å². The average Bonchev–Trinajstić information content (AvgIpc) is 3.35. The molecule has 2 aliphatic rings. The SMILES string of the molecule is Cc1ccc(C(=O)N2CCC(O)(Cn3cnc4c(cc(Cl)n4-c4ccc([C@H]5CO[C@H](C)CN5C(=O)O)c(C)c4)c3=O)CC2)c(Cl)c1. The Hall–Kier alpha value is -3.90. The number of hydrogen-bond donors (Lipinski definition) is 2. The van der Waals surface area contributed by atoms with Crippen LogP contribution in [0.1, 0.15) is 52.9 Å². The van der Waals surface area contributed by atoms with Crippen molar-refractivity contribution in [3.63, 3.8) is 0 Å². The van der Waals surface area contributed by atoms with Crippen LogP contribution in [-0.4, -0.2) is 84.1 Å². The van der Waals surface area contributed by atoms with E-state index in [1.807, 2.05) is 45.0 Å². The predicted molar refractivity (Wildman–Crippen MR) is 174 cm³/mol. The van der Waals surface area contributed by atoms with E-state index in [2.05, 4.69) is 4.98 Å². The van der Waals surface area contributed by atoms with Gasteiger partial charge in [-0.05, 0) is 80.6 Å². The van der Waals surface area contributed by atoms with Gasteiger partial charge in [0.1, 0.15) is 11.5 Å². The maximum absolute atomic E-state index is 13.6. The Morgan fingerprint density at radius 2 is 1.83 bits per heavy atom. The van der Waals surface area contributed by atoms with Gasteiger partial charge in [0.05, 0.1) is 53.4 Å². The van der Waals surface area contributed by atoms with E-state index in [1.54, 1.807) is 27.7 Å². The molecule has 4 heterocycles. The number of nitrogens with zero attached hydrogens (tertiary/aromatic N) is 5. The highest BCUT2D eigenvalue weighted by molar-refractivity contribution is 6.34. The number of likely N-dealkylation sites (tertiary alicyclic amines) is 1.